The van der Waals surface area contributed by atoms with E-state index in [0.717, 1.165) is 11.4 Å². The second-order valence-corrected chi connectivity index (χ2v) is 9.89. The molecule has 184 valence electrons. The Balaban J connectivity index is 1.22. The molecule has 0 saturated heterocycles. The minimum Gasteiger partial charge on any atom is -0.356 e. The van der Waals surface area contributed by atoms with E-state index in [4.69, 9.17) is 0 Å². The minimum absolute atomic E-state index is 1.07. The molecule has 1 nitrogen and oxygen atoms in total. The highest BCUT2D eigenvalue weighted by atomic mass is 14.9. The van der Waals surface area contributed by atoms with Gasteiger partial charge in [0.15, 0.2) is 0 Å². The van der Waals surface area contributed by atoms with Gasteiger partial charge >= 0.3 is 0 Å². The maximum atomic E-state index is 3.62. The van der Waals surface area contributed by atoms with E-state index in [2.05, 4.69) is 163 Å². The topological polar surface area (TPSA) is 12.0 Å². The molecule has 0 radical (unpaired) electrons. The summed E-state index contributed by atoms with van der Waals surface area (Å²) in [4.78, 5) is 0. The Morgan fingerprint density at radius 2 is 0.897 bits per heavy atom. The van der Waals surface area contributed by atoms with Gasteiger partial charge in [-0.05, 0) is 79.2 Å². The van der Waals surface area contributed by atoms with Gasteiger partial charge in [-0.3, -0.25) is 0 Å². The fourth-order valence-electron chi connectivity index (χ4n) is 5.58. The molecule has 7 aromatic rings. The van der Waals surface area contributed by atoms with E-state index in [1.807, 2.05) is 0 Å². The lowest BCUT2D eigenvalue weighted by atomic mass is 9.91. The number of rotatable bonds is 5. The molecular weight excluding hydrogens is 470 g/mol. The van der Waals surface area contributed by atoms with Crippen LogP contribution in [-0.2, 0) is 0 Å². The zero-order valence-electron chi connectivity index (χ0n) is 21.5. The standard InChI is InChI=1S/C38H27N/c1-2-10-28(11-3-1)36-20-8-14-30-15-9-21-37(38(30)36)31-16-6-17-33(26-31)39-32-24-22-29(23-25-32)35-19-7-13-27-12-4-5-18-34(27)35/h1-26,39H. The summed E-state index contributed by atoms with van der Waals surface area (Å²) in [7, 11) is 0. The molecule has 0 aliphatic heterocycles. The molecule has 0 atom stereocenters. The van der Waals surface area contributed by atoms with Gasteiger partial charge < -0.3 is 5.32 Å². The average Bonchev–Trinajstić information content (AvgIpc) is 3.01. The van der Waals surface area contributed by atoms with Crippen molar-refractivity contribution in [1.29, 1.82) is 0 Å². The average molecular weight is 498 g/mol. The second kappa shape index (κ2) is 9.96. The van der Waals surface area contributed by atoms with Crippen molar-refractivity contribution in [1.82, 2.24) is 0 Å². The Morgan fingerprint density at radius 3 is 1.69 bits per heavy atom. The van der Waals surface area contributed by atoms with E-state index < -0.39 is 0 Å². The minimum atomic E-state index is 1.07. The molecule has 0 unspecified atom stereocenters. The maximum absolute atomic E-state index is 3.62. The molecular formula is C38H27N. The fourth-order valence-corrected chi connectivity index (χ4v) is 5.58. The predicted octanol–water partition coefficient (Wildman–Crippen LogP) is 10.7. The summed E-state index contributed by atoms with van der Waals surface area (Å²) >= 11 is 0. The van der Waals surface area contributed by atoms with Crippen LogP contribution in [0.4, 0.5) is 11.4 Å². The van der Waals surface area contributed by atoms with E-state index in [1.54, 1.807) is 0 Å². The van der Waals surface area contributed by atoms with E-state index in [9.17, 15) is 0 Å². The highest BCUT2D eigenvalue weighted by Gasteiger charge is 2.11. The number of hydrogen-bond donors (Lipinski definition) is 1. The largest absolute Gasteiger partial charge is 0.356 e. The van der Waals surface area contributed by atoms with Gasteiger partial charge in [-0.2, -0.15) is 0 Å². The molecule has 39 heavy (non-hydrogen) atoms. The molecule has 0 bridgehead atoms. The van der Waals surface area contributed by atoms with Crippen LogP contribution >= 0.6 is 0 Å². The SMILES string of the molecule is c1ccc(-c2cccc3cccc(-c4cccc(Nc5ccc(-c6cccc7ccccc67)cc5)c4)c23)cc1. The fraction of sp³-hybridized carbons (Fsp3) is 0. The Bertz CT molecular complexity index is 1910. The van der Waals surface area contributed by atoms with Gasteiger partial charge in [-0.15, -0.1) is 0 Å². The summed E-state index contributed by atoms with van der Waals surface area (Å²) in [5.74, 6) is 0. The molecule has 0 aliphatic rings. The van der Waals surface area contributed by atoms with Gasteiger partial charge in [0.25, 0.3) is 0 Å². The van der Waals surface area contributed by atoms with Gasteiger partial charge in [0.05, 0.1) is 0 Å². The first kappa shape index (κ1) is 23.0. The normalized spacial score (nSPS) is 11.1. The van der Waals surface area contributed by atoms with Crippen LogP contribution in [0, 0.1) is 0 Å². The quantitative estimate of drug-likeness (QED) is 0.249. The predicted molar refractivity (Wildman–Crippen MR) is 167 cm³/mol. The van der Waals surface area contributed by atoms with E-state index in [1.165, 1.54) is 54.9 Å². The smallest absolute Gasteiger partial charge is 0.0390 e. The maximum Gasteiger partial charge on any atom is 0.0390 e. The third kappa shape index (κ3) is 4.45. The van der Waals surface area contributed by atoms with Crippen molar-refractivity contribution in [3.05, 3.63) is 158 Å². The highest BCUT2D eigenvalue weighted by molar-refractivity contribution is 6.06. The van der Waals surface area contributed by atoms with Gasteiger partial charge in [0, 0.05) is 11.4 Å². The molecule has 1 N–H and O–H groups in total. The molecule has 0 fully saturated rings. The second-order valence-electron chi connectivity index (χ2n) is 9.89. The van der Waals surface area contributed by atoms with Crippen molar-refractivity contribution < 1.29 is 0 Å². The van der Waals surface area contributed by atoms with Crippen LogP contribution in [0.5, 0.6) is 0 Å². The van der Waals surface area contributed by atoms with Crippen molar-refractivity contribution in [2.45, 2.75) is 0 Å². The van der Waals surface area contributed by atoms with Crippen LogP contribution in [0.15, 0.2) is 158 Å². The first-order chi connectivity index (χ1) is 19.3. The summed E-state index contributed by atoms with van der Waals surface area (Å²) in [6.45, 7) is 0. The number of benzene rings is 7. The van der Waals surface area contributed by atoms with Crippen LogP contribution in [0.2, 0.25) is 0 Å². The van der Waals surface area contributed by atoms with Crippen LogP contribution < -0.4 is 5.32 Å². The van der Waals surface area contributed by atoms with Crippen molar-refractivity contribution >= 4 is 32.9 Å². The van der Waals surface area contributed by atoms with E-state index >= 15 is 0 Å². The van der Waals surface area contributed by atoms with Crippen LogP contribution in [-0.4, -0.2) is 0 Å². The van der Waals surface area contributed by atoms with Crippen LogP contribution in [0.3, 0.4) is 0 Å². The Morgan fingerprint density at radius 1 is 0.333 bits per heavy atom. The van der Waals surface area contributed by atoms with Gasteiger partial charge in [0.2, 0.25) is 0 Å². The first-order valence-electron chi connectivity index (χ1n) is 13.4. The van der Waals surface area contributed by atoms with Gasteiger partial charge in [-0.1, -0.05) is 133 Å². The Hall–Kier alpha value is -5.14. The number of nitrogens with one attached hydrogen (secondary N) is 1. The Kier molecular flexibility index (Phi) is 5.88. The van der Waals surface area contributed by atoms with Gasteiger partial charge in [-0.25, -0.2) is 0 Å². The molecule has 0 heterocycles. The molecule has 7 aromatic carbocycles. The Labute approximate surface area is 229 Å². The number of hydrogen-bond acceptors (Lipinski definition) is 1. The van der Waals surface area contributed by atoms with Crippen molar-refractivity contribution in [2.24, 2.45) is 0 Å². The third-order valence-corrected chi connectivity index (χ3v) is 7.44. The van der Waals surface area contributed by atoms with E-state index in [-0.39, 0.29) is 0 Å². The van der Waals surface area contributed by atoms with Crippen molar-refractivity contribution in [2.75, 3.05) is 5.32 Å². The summed E-state index contributed by atoms with van der Waals surface area (Å²) in [6, 6.07) is 56.3. The zero-order chi connectivity index (χ0) is 26.0. The highest BCUT2D eigenvalue weighted by Crippen LogP contribution is 2.37. The summed E-state index contributed by atoms with van der Waals surface area (Å²) in [5.41, 5.74) is 9.53. The summed E-state index contributed by atoms with van der Waals surface area (Å²) in [5, 5.41) is 8.69. The number of fused-ring (bicyclic) bond motifs is 2. The lowest BCUT2D eigenvalue weighted by molar-refractivity contribution is 1.54. The summed E-state index contributed by atoms with van der Waals surface area (Å²) < 4.78 is 0. The van der Waals surface area contributed by atoms with E-state index in [0.29, 0.717) is 0 Å². The van der Waals surface area contributed by atoms with Gasteiger partial charge in [0.1, 0.15) is 0 Å². The van der Waals surface area contributed by atoms with Crippen LogP contribution in [0.1, 0.15) is 0 Å². The zero-order valence-corrected chi connectivity index (χ0v) is 21.5. The lowest BCUT2D eigenvalue weighted by Crippen LogP contribution is -1.92. The lowest BCUT2D eigenvalue weighted by Gasteiger charge is -2.14. The third-order valence-electron chi connectivity index (χ3n) is 7.44. The van der Waals surface area contributed by atoms with Crippen molar-refractivity contribution in [3.8, 4) is 33.4 Å². The molecule has 0 amide bonds. The molecule has 0 aliphatic carbocycles. The summed E-state index contributed by atoms with van der Waals surface area (Å²) in [6.07, 6.45) is 0. The molecule has 0 saturated carbocycles. The van der Waals surface area contributed by atoms with Crippen LogP contribution in [0.25, 0.3) is 54.9 Å². The molecule has 0 spiro atoms. The molecule has 1 heteroatoms. The first-order valence-corrected chi connectivity index (χ1v) is 13.4. The monoisotopic (exact) mass is 497 g/mol. The number of anilines is 2. The van der Waals surface area contributed by atoms with Crippen molar-refractivity contribution in [3.63, 3.8) is 0 Å². The molecule has 7 rings (SSSR count). The molecule has 0 aromatic heterocycles.